The van der Waals surface area contributed by atoms with E-state index >= 15 is 0 Å². The standard InChI is InChI=1S/C19H13ClF3N3O2/c1-11(27)12-2-5-15(6-3-12)26-18(28)13(9-24)10-25-17-7-4-14(20)8-16(17)19(21,22)23/h2-8,10,25H,1H3,(H,26,28)/b13-10-. The summed E-state index contributed by atoms with van der Waals surface area (Å²) in [6, 6.07) is 10.6. The largest absolute Gasteiger partial charge is 0.418 e. The van der Waals surface area contributed by atoms with Gasteiger partial charge in [0.1, 0.15) is 11.6 Å². The number of halogens is 4. The van der Waals surface area contributed by atoms with E-state index in [2.05, 4.69) is 10.6 Å². The Balaban J connectivity index is 2.19. The van der Waals surface area contributed by atoms with E-state index in [9.17, 15) is 22.8 Å². The molecule has 0 heterocycles. The molecule has 0 radical (unpaired) electrons. The lowest BCUT2D eigenvalue weighted by Gasteiger charge is -2.13. The molecular weight excluding hydrogens is 395 g/mol. The zero-order chi connectivity index (χ0) is 20.9. The zero-order valence-corrected chi connectivity index (χ0v) is 15.2. The number of hydrogen-bond donors (Lipinski definition) is 2. The number of nitrogens with one attached hydrogen (secondary N) is 2. The molecule has 0 unspecified atom stereocenters. The highest BCUT2D eigenvalue weighted by molar-refractivity contribution is 6.30. The van der Waals surface area contributed by atoms with Gasteiger partial charge in [0, 0.05) is 22.5 Å². The minimum absolute atomic E-state index is 0.103. The summed E-state index contributed by atoms with van der Waals surface area (Å²) in [5.74, 6) is -0.976. The van der Waals surface area contributed by atoms with Gasteiger partial charge in [-0.1, -0.05) is 11.6 Å². The molecule has 9 heteroatoms. The van der Waals surface area contributed by atoms with Crippen LogP contribution in [0.15, 0.2) is 54.2 Å². The van der Waals surface area contributed by atoms with Crippen LogP contribution in [-0.4, -0.2) is 11.7 Å². The van der Waals surface area contributed by atoms with Gasteiger partial charge in [-0.15, -0.1) is 0 Å². The van der Waals surface area contributed by atoms with Crippen LogP contribution in [0, 0.1) is 11.3 Å². The number of rotatable bonds is 5. The Labute approximate surface area is 163 Å². The summed E-state index contributed by atoms with van der Waals surface area (Å²) in [5.41, 5.74) is -1.08. The van der Waals surface area contributed by atoms with Gasteiger partial charge in [0.05, 0.1) is 11.3 Å². The number of alkyl halides is 3. The molecule has 28 heavy (non-hydrogen) atoms. The first kappa shape index (κ1) is 21.0. The first-order valence-corrected chi connectivity index (χ1v) is 8.15. The Morgan fingerprint density at radius 1 is 1.14 bits per heavy atom. The molecule has 2 aromatic rings. The third-order valence-corrected chi connectivity index (χ3v) is 3.81. The first-order valence-electron chi connectivity index (χ1n) is 7.77. The third-order valence-electron chi connectivity index (χ3n) is 3.57. The Morgan fingerprint density at radius 2 is 1.79 bits per heavy atom. The maximum absolute atomic E-state index is 13.1. The van der Waals surface area contributed by atoms with Gasteiger partial charge < -0.3 is 10.6 Å². The topological polar surface area (TPSA) is 82.0 Å². The number of carbonyl (C=O) groups excluding carboxylic acids is 2. The molecule has 0 saturated heterocycles. The second-order valence-corrected chi connectivity index (χ2v) is 6.03. The second-order valence-electron chi connectivity index (χ2n) is 5.59. The molecule has 5 nitrogen and oxygen atoms in total. The summed E-state index contributed by atoms with van der Waals surface area (Å²) in [5, 5.41) is 13.8. The average Bonchev–Trinajstić information content (AvgIpc) is 2.62. The van der Waals surface area contributed by atoms with Crippen LogP contribution in [0.1, 0.15) is 22.8 Å². The number of nitriles is 1. The van der Waals surface area contributed by atoms with Crippen LogP contribution in [0.25, 0.3) is 0 Å². The van der Waals surface area contributed by atoms with Crippen LogP contribution < -0.4 is 10.6 Å². The molecule has 0 aliphatic heterocycles. The van der Waals surface area contributed by atoms with Gasteiger partial charge in [0.15, 0.2) is 5.78 Å². The molecule has 0 saturated carbocycles. The molecule has 0 spiro atoms. The molecule has 0 aromatic heterocycles. The van der Waals surface area contributed by atoms with Crippen molar-refractivity contribution in [1.29, 1.82) is 5.26 Å². The van der Waals surface area contributed by atoms with Crippen LogP contribution in [0.5, 0.6) is 0 Å². The number of hydrogen-bond acceptors (Lipinski definition) is 4. The molecule has 0 bridgehead atoms. The van der Waals surface area contributed by atoms with Crippen molar-refractivity contribution in [2.45, 2.75) is 13.1 Å². The van der Waals surface area contributed by atoms with Crippen molar-refractivity contribution in [3.63, 3.8) is 0 Å². The van der Waals surface area contributed by atoms with Crippen molar-refractivity contribution in [3.05, 3.63) is 70.4 Å². The number of amides is 1. The molecule has 0 aliphatic carbocycles. The fourth-order valence-corrected chi connectivity index (χ4v) is 2.33. The Morgan fingerprint density at radius 3 is 2.32 bits per heavy atom. The highest BCUT2D eigenvalue weighted by Crippen LogP contribution is 2.36. The highest BCUT2D eigenvalue weighted by atomic mass is 35.5. The van der Waals surface area contributed by atoms with Crippen molar-refractivity contribution in [3.8, 4) is 6.07 Å². The van der Waals surface area contributed by atoms with E-state index in [4.69, 9.17) is 16.9 Å². The van der Waals surface area contributed by atoms with Gasteiger partial charge in [-0.3, -0.25) is 9.59 Å². The number of carbonyl (C=O) groups is 2. The molecule has 0 atom stereocenters. The van der Waals surface area contributed by atoms with Crippen LogP contribution in [0.4, 0.5) is 24.5 Å². The minimum Gasteiger partial charge on any atom is -0.360 e. The van der Waals surface area contributed by atoms with Crippen LogP contribution in [0.3, 0.4) is 0 Å². The summed E-state index contributed by atoms with van der Waals surface area (Å²) < 4.78 is 39.2. The van der Waals surface area contributed by atoms with E-state index < -0.39 is 23.2 Å². The highest BCUT2D eigenvalue weighted by Gasteiger charge is 2.33. The molecule has 1 amide bonds. The average molecular weight is 408 g/mol. The first-order chi connectivity index (χ1) is 13.1. The molecule has 2 rings (SSSR count). The molecule has 2 N–H and O–H groups in total. The summed E-state index contributed by atoms with van der Waals surface area (Å²) in [6.07, 6.45) is -3.80. The van der Waals surface area contributed by atoms with Gasteiger partial charge in [-0.2, -0.15) is 18.4 Å². The molecule has 2 aromatic carbocycles. The van der Waals surface area contributed by atoms with Crippen LogP contribution in [-0.2, 0) is 11.0 Å². The monoisotopic (exact) mass is 407 g/mol. The SMILES string of the molecule is CC(=O)c1ccc(NC(=O)/C(C#N)=C\Nc2ccc(Cl)cc2C(F)(F)F)cc1. The lowest BCUT2D eigenvalue weighted by Crippen LogP contribution is -2.15. The fourth-order valence-electron chi connectivity index (χ4n) is 2.16. The number of ketones is 1. The summed E-state index contributed by atoms with van der Waals surface area (Å²) in [7, 11) is 0. The van der Waals surface area contributed by atoms with Crippen LogP contribution in [0.2, 0.25) is 5.02 Å². The maximum Gasteiger partial charge on any atom is 0.418 e. The summed E-state index contributed by atoms with van der Waals surface area (Å²) in [6.45, 7) is 1.39. The lowest BCUT2D eigenvalue weighted by molar-refractivity contribution is -0.136. The third kappa shape index (κ3) is 5.34. The van der Waals surface area contributed by atoms with Gasteiger partial charge in [-0.25, -0.2) is 0 Å². The number of benzene rings is 2. The second kappa shape index (κ2) is 8.59. The number of anilines is 2. The Hall–Kier alpha value is -3.31. The van der Waals surface area contributed by atoms with E-state index in [0.717, 1.165) is 18.3 Å². The van der Waals surface area contributed by atoms with E-state index in [1.165, 1.54) is 37.3 Å². The molecular formula is C19H13ClF3N3O2. The van der Waals surface area contributed by atoms with Gasteiger partial charge >= 0.3 is 6.18 Å². The molecule has 144 valence electrons. The summed E-state index contributed by atoms with van der Waals surface area (Å²) in [4.78, 5) is 23.4. The van der Waals surface area contributed by atoms with Crippen molar-refractivity contribution in [1.82, 2.24) is 0 Å². The number of nitrogens with zero attached hydrogens (tertiary/aromatic N) is 1. The van der Waals surface area contributed by atoms with E-state index in [-0.39, 0.29) is 16.5 Å². The molecule has 0 aliphatic rings. The van der Waals surface area contributed by atoms with Crippen LogP contribution >= 0.6 is 11.6 Å². The smallest absolute Gasteiger partial charge is 0.360 e. The fraction of sp³-hybridized carbons (Fsp3) is 0.105. The van der Waals surface area contributed by atoms with Gasteiger partial charge in [0.25, 0.3) is 5.91 Å². The predicted molar refractivity (Wildman–Crippen MR) is 98.8 cm³/mol. The van der Waals surface area contributed by atoms with E-state index in [0.29, 0.717) is 11.3 Å². The lowest BCUT2D eigenvalue weighted by atomic mass is 10.1. The van der Waals surface area contributed by atoms with Crippen molar-refractivity contribution in [2.75, 3.05) is 10.6 Å². The Kier molecular flexibility index (Phi) is 6.44. The molecule has 0 fully saturated rings. The quantitative estimate of drug-likeness (QED) is 0.414. The van der Waals surface area contributed by atoms with E-state index in [1.807, 2.05) is 0 Å². The van der Waals surface area contributed by atoms with Crippen molar-refractivity contribution >= 4 is 34.7 Å². The van der Waals surface area contributed by atoms with E-state index in [1.54, 1.807) is 6.07 Å². The van der Waals surface area contributed by atoms with Crippen molar-refractivity contribution in [2.24, 2.45) is 0 Å². The maximum atomic E-state index is 13.1. The predicted octanol–water partition coefficient (Wildman–Crippen LogP) is 5.02. The summed E-state index contributed by atoms with van der Waals surface area (Å²) >= 11 is 5.60. The van der Waals surface area contributed by atoms with Gasteiger partial charge in [-0.05, 0) is 49.4 Å². The van der Waals surface area contributed by atoms with Crippen molar-refractivity contribution < 1.29 is 22.8 Å². The normalized spacial score (nSPS) is 11.5. The number of Topliss-reactive ketones (excluding diaryl/α,β-unsaturated/α-hetero) is 1. The van der Waals surface area contributed by atoms with Gasteiger partial charge in [0.2, 0.25) is 0 Å². The minimum atomic E-state index is -4.67. The Bertz CT molecular complexity index is 977. The zero-order valence-electron chi connectivity index (χ0n) is 14.4.